The largest absolute Gasteiger partial charge is 0.366 e. The summed E-state index contributed by atoms with van der Waals surface area (Å²) in [6, 6.07) is 12.7. The molecule has 0 atom stereocenters. The summed E-state index contributed by atoms with van der Waals surface area (Å²) >= 11 is 1.28. The van der Waals surface area contributed by atoms with E-state index in [-0.39, 0.29) is 11.3 Å². The lowest BCUT2D eigenvalue weighted by Gasteiger charge is -2.01. The molecule has 23 heavy (non-hydrogen) atoms. The molecule has 6 nitrogen and oxygen atoms in total. The summed E-state index contributed by atoms with van der Waals surface area (Å²) in [6.45, 7) is 1.69. The van der Waals surface area contributed by atoms with Gasteiger partial charge < -0.3 is 15.6 Å². The molecular formula is C16H13N3O3S. The lowest BCUT2D eigenvalue weighted by Crippen LogP contribution is -2.16. The van der Waals surface area contributed by atoms with E-state index in [1.807, 2.05) is 30.3 Å². The minimum absolute atomic E-state index is 0.146. The highest BCUT2D eigenvalue weighted by molar-refractivity contribution is 7.20. The predicted octanol–water partition coefficient (Wildman–Crippen LogP) is 3.06. The lowest BCUT2D eigenvalue weighted by molar-refractivity contribution is 0.100. The van der Waals surface area contributed by atoms with E-state index in [1.54, 1.807) is 13.0 Å². The van der Waals surface area contributed by atoms with E-state index in [0.29, 0.717) is 10.8 Å². The summed E-state index contributed by atoms with van der Waals surface area (Å²) in [6.07, 6.45) is 0. The Morgan fingerprint density at radius 1 is 1.22 bits per heavy atom. The lowest BCUT2D eigenvalue weighted by atomic mass is 10.1. The van der Waals surface area contributed by atoms with Gasteiger partial charge in [0.25, 0.3) is 11.8 Å². The molecule has 2 heterocycles. The maximum absolute atomic E-state index is 12.2. The minimum Gasteiger partial charge on any atom is -0.366 e. The first-order chi connectivity index (χ1) is 11.0. The topological polar surface area (TPSA) is 98.2 Å². The van der Waals surface area contributed by atoms with Gasteiger partial charge in [0, 0.05) is 10.9 Å². The first kappa shape index (κ1) is 15.0. The Balaban J connectivity index is 1.93. The van der Waals surface area contributed by atoms with Crippen molar-refractivity contribution in [2.24, 2.45) is 5.73 Å². The number of nitrogens with zero attached hydrogens (tertiary/aromatic N) is 1. The molecule has 0 fully saturated rings. The van der Waals surface area contributed by atoms with Crippen LogP contribution in [0.1, 0.15) is 26.6 Å². The van der Waals surface area contributed by atoms with Crippen LogP contribution in [-0.4, -0.2) is 17.0 Å². The van der Waals surface area contributed by atoms with E-state index < -0.39 is 11.8 Å². The number of nitrogens with one attached hydrogen (secondary N) is 1. The van der Waals surface area contributed by atoms with Crippen LogP contribution in [0.4, 0.5) is 5.00 Å². The average Bonchev–Trinajstić information content (AvgIpc) is 3.15. The molecule has 0 bridgehead atoms. The highest BCUT2D eigenvalue weighted by atomic mass is 32.1. The van der Waals surface area contributed by atoms with E-state index in [4.69, 9.17) is 10.3 Å². The smallest absolute Gasteiger partial charge is 0.278 e. The quantitative estimate of drug-likeness (QED) is 0.769. The van der Waals surface area contributed by atoms with Crippen molar-refractivity contribution in [3.05, 3.63) is 59.5 Å². The van der Waals surface area contributed by atoms with Gasteiger partial charge in [-0.2, -0.15) is 0 Å². The monoisotopic (exact) mass is 327 g/mol. The van der Waals surface area contributed by atoms with Crippen molar-refractivity contribution < 1.29 is 14.1 Å². The Morgan fingerprint density at radius 2 is 1.96 bits per heavy atom. The van der Waals surface area contributed by atoms with Gasteiger partial charge in [-0.3, -0.25) is 9.59 Å². The number of carbonyl (C=O) groups excluding carboxylic acids is 2. The second kappa shape index (κ2) is 6.05. The van der Waals surface area contributed by atoms with Gasteiger partial charge in [0.1, 0.15) is 10.8 Å². The molecule has 2 aromatic heterocycles. The molecule has 0 aliphatic carbocycles. The normalized spacial score (nSPS) is 10.5. The fraction of sp³-hybridized carbons (Fsp3) is 0.0625. The standard InChI is InChI=1S/C16H13N3O3S/c1-9-7-12(19-22-9)15(21)18-16-11(14(17)20)8-13(23-16)10-5-3-2-4-6-10/h2-8H,1H3,(H2,17,20)(H,18,21). The molecule has 0 spiro atoms. The van der Waals surface area contributed by atoms with Crippen molar-refractivity contribution in [1.82, 2.24) is 5.16 Å². The zero-order valence-corrected chi connectivity index (χ0v) is 13.0. The second-order valence-corrected chi connectivity index (χ2v) is 5.91. The van der Waals surface area contributed by atoms with Crippen LogP contribution < -0.4 is 11.1 Å². The molecule has 0 unspecified atom stereocenters. The summed E-state index contributed by atoms with van der Waals surface area (Å²) < 4.78 is 4.88. The molecule has 0 aliphatic heterocycles. The van der Waals surface area contributed by atoms with E-state index >= 15 is 0 Å². The summed E-state index contributed by atoms with van der Waals surface area (Å²) in [5.41, 5.74) is 6.76. The number of thiophene rings is 1. The number of anilines is 1. The summed E-state index contributed by atoms with van der Waals surface area (Å²) in [7, 11) is 0. The number of aromatic nitrogens is 1. The van der Waals surface area contributed by atoms with Crippen LogP contribution in [0.3, 0.4) is 0 Å². The van der Waals surface area contributed by atoms with E-state index in [0.717, 1.165) is 10.4 Å². The third-order valence-electron chi connectivity index (χ3n) is 3.14. The van der Waals surface area contributed by atoms with Crippen LogP contribution in [0.25, 0.3) is 10.4 Å². The van der Waals surface area contributed by atoms with E-state index in [2.05, 4.69) is 10.5 Å². The number of hydrogen-bond donors (Lipinski definition) is 2. The molecule has 7 heteroatoms. The van der Waals surface area contributed by atoms with Crippen molar-refractivity contribution in [2.75, 3.05) is 5.32 Å². The van der Waals surface area contributed by atoms with Gasteiger partial charge in [-0.05, 0) is 18.6 Å². The van der Waals surface area contributed by atoms with Crippen molar-refractivity contribution in [3.63, 3.8) is 0 Å². The molecule has 3 N–H and O–H groups in total. The van der Waals surface area contributed by atoms with Gasteiger partial charge in [-0.25, -0.2) is 0 Å². The van der Waals surface area contributed by atoms with Crippen molar-refractivity contribution in [2.45, 2.75) is 6.92 Å². The summed E-state index contributed by atoms with van der Waals surface area (Å²) in [5.74, 6) is -0.526. The molecule has 0 radical (unpaired) electrons. The van der Waals surface area contributed by atoms with Crippen molar-refractivity contribution in [1.29, 1.82) is 0 Å². The number of aryl methyl sites for hydroxylation is 1. The van der Waals surface area contributed by atoms with Gasteiger partial charge in [0.2, 0.25) is 0 Å². The fourth-order valence-electron chi connectivity index (χ4n) is 2.05. The number of nitrogens with two attached hydrogens (primary N) is 1. The van der Waals surface area contributed by atoms with Gasteiger partial charge in [0.15, 0.2) is 5.69 Å². The summed E-state index contributed by atoms with van der Waals surface area (Å²) in [5, 5.41) is 6.71. The first-order valence-corrected chi connectivity index (χ1v) is 7.60. The van der Waals surface area contributed by atoms with Crippen LogP contribution in [0.15, 0.2) is 47.0 Å². The molecule has 0 saturated carbocycles. The third kappa shape index (κ3) is 3.14. The second-order valence-electron chi connectivity index (χ2n) is 4.86. The molecule has 1 aromatic carbocycles. The highest BCUT2D eigenvalue weighted by Crippen LogP contribution is 2.35. The number of carbonyl (C=O) groups is 2. The third-order valence-corrected chi connectivity index (χ3v) is 4.24. The molecule has 3 rings (SSSR count). The number of amides is 2. The highest BCUT2D eigenvalue weighted by Gasteiger charge is 2.19. The van der Waals surface area contributed by atoms with Crippen LogP contribution in [0, 0.1) is 6.92 Å². The number of benzene rings is 1. The van der Waals surface area contributed by atoms with Crippen molar-refractivity contribution in [3.8, 4) is 10.4 Å². The Hall–Kier alpha value is -2.93. The maximum Gasteiger partial charge on any atom is 0.278 e. The molecule has 0 aliphatic rings. The Labute approximate surface area is 135 Å². The van der Waals surface area contributed by atoms with Gasteiger partial charge in [-0.1, -0.05) is 35.5 Å². The molecule has 0 saturated heterocycles. The molecule has 116 valence electrons. The molecular weight excluding hydrogens is 314 g/mol. The zero-order chi connectivity index (χ0) is 16.4. The average molecular weight is 327 g/mol. The van der Waals surface area contributed by atoms with Crippen LogP contribution >= 0.6 is 11.3 Å². The number of rotatable bonds is 4. The first-order valence-electron chi connectivity index (χ1n) is 6.78. The Kier molecular flexibility index (Phi) is 3.94. The fourth-order valence-corrected chi connectivity index (χ4v) is 3.12. The van der Waals surface area contributed by atoms with Gasteiger partial charge in [-0.15, -0.1) is 11.3 Å². The number of hydrogen-bond acceptors (Lipinski definition) is 5. The van der Waals surface area contributed by atoms with Gasteiger partial charge in [0.05, 0.1) is 5.56 Å². The van der Waals surface area contributed by atoms with E-state index in [1.165, 1.54) is 17.4 Å². The number of primary amides is 1. The predicted molar refractivity (Wildman–Crippen MR) is 87.5 cm³/mol. The molecule has 3 aromatic rings. The SMILES string of the molecule is Cc1cc(C(=O)Nc2sc(-c3ccccc3)cc2C(N)=O)no1. The summed E-state index contributed by atoms with van der Waals surface area (Å²) in [4.78, 5) is 24.6. The Bertz CT molecular complexity index is 868. The zero-order valence-electron chi connectivity index (χ0n) is 12.2. The van der Waals surface area contributed by atoms with Crippen LogP contribution in [-0.2, 0) is 0 Å². The van der Waals surface area contributed by atoms with Gasteiger partial charge >= 0.3 is 0 Å². The van der Waals surface area contributed by atoms with Crippen LogP contribution in [0.5, 0.6) is 0 Å². The Morgan fingerprint density at radius 3 is 2.57 bits per heavy atom. The van der Waals surface area contributed by atoms with Crippen LogP contribution in [0.2, 0.25) is 0 Å². The van der Waals surface area contributed by atoms with Crippen molar-refractivity contribution >= 4 is 28.2 Å². The molecule has 2 amide bonds. The minimum atomic E-state index is -0.602. The van der Waals surface area contributed by atoms with E-state index in [9.17, 15) is 9.59 Å². The maximum atomic E-state index is 12.2.